The lowest BCUT2D eigenvalue weighted by atomic mass is 10.0. The summed E-state index contributed by atoms with van der Waals surface area (Å²) in [6, 6.07) is 4.01. The number of hydrogen-bond donors (Lipinski definition) is 3. The van der Waals surface area contributed by atoms with Gasteiger partial charge in [-0.15, -0.1) is 0 Å². The number of amides is 1. The van der Waals surface area contributed by atoms with Crippen LogP contribution in [-0.4, -0.2) is 29.6 Å². The molecule has 6 heteroatoms. The summed E-state index contributed by atoms with van der Waals surface area (Å²) < 4.78 is 13.7. The average molecular weight is 294 g/mol. The van der Waals surface area contributed by atoms with E-state index in [1.165, 1.54) is 12.1 Å². The van der Waals surface area contributed by atoms with Crippen LogP contribution in [0.4, 0.5) is 10.1 Å². The quantitative estimate of drug-likeness (QED) is 0.779. The Morgan fingerprint density at radius 1 is 1.38 bits per heavy atom. The van der Waals surface area contributed by atoms with Gasteiger partial charge < -0.3 is 15.7 Å². The Balaban J connectivity index is 1.94. The molecule has 1 heterocycles. The van der Waals surface area contributed by atoms with Gasteiger partial charge >= 0.3 is 5.97 Å². The number of carbonyl (C=O) groups is 2. The maximum atomic E-state index is 13.7. The molecule has 21 heavy (non-hydrogen) atoms. The number of carboxylic acids is 1. The van der Waals surface area contributed by atoms with E-state index in [1.54, 1.807) is 0 Å². The number of piperidine rings is 1. The molecule has 0 spiro atoms. The van der Waals surface area contributed by atoms with Gasteiger partial charge in [0.1, 0.15) is 5.82 Å². The van der Waals surface area contributed by atoms with E-state index in [0.29, 0.717) is 12.5 Å². The van der Waals surface area contributed by atoms with Crippen molar-refractivity contribution in [1.82, 2.24) is 5.32 Å². The maximum absolute atomic E-state index is 13.7. The number of carbonyl (C=O) groups excluding carboxylic acids is 1. The van der Waals surface area contributed by atoms with Gasteiger partial charge in [0.15, 0.2) is 0 Å². The summed E-state index contributed by atoms with van der Waals surface area (Å²) in [6.45, 7) is 0.961. The lowest BCUT2D eigenvalue weighted by Gasteiger charge is -2.23. The van der Waals surface area contributed by atoms with Gasteiger partial charge in [0.2, 0.25) is 5.91 Å². The van der Waals surface area contributed by atoms with E-state index in [4.69, 9.17) is 5.11 Å². The van der Waals surface area contributed by atoms with Gasteiger partial charge in [-0.3, -0.25) is 4.79 Å². The van der Waals surface area contributed by atoms with Gasteiger partial charge in [0, 0.05) is 12.5 Å². The molecule has 5 nitrogen and oxygen atoms in total. The third kappa shape index (κ3) is 4.26. The molecule has 1 atom stereocenters. The van der Waals surface area contributed by atoms with Crippen molar-refractivity contribution >= 4 is 17.6 Å². The predicted octanol–water partition coefficient (Wildman–Crippen LogP) is 2.38. The predicted molar refractivity (Wildman–Crippen MR) is 76.9 cm³/mol. The minimum absolute atomic E-state index is 0.237. The van der Waals surface area contributed by atoms with Gasteiger partial charge in [-0.1, -0.05) is 12.5 Å². The van der Waals surface area contributed by atoms with Crippen LogP contribution in [-0.2, 0) is 4.79 Å². The van der Waals surface area contributed by atoms with Crippen molar-refractivity contribution in [3.8, 4) is 0 Å². The van der Waals surface area contributed by atoms with Crippen LogP contribution in [0.1, 0.15) is 42.5 Å². The number of anilines is 1. The van der Waals surface area contributed by atoms with E-state index in [0.717, 1.165) is 31.9 Å². The van der Waals surface area contributed by atoms with E-state index in [1.807, 2.05) is 0 Å². The second kappa shape index (κ2) is 7.17. The SMILES string of the molecule is O=C(CCC1CCCCN1)Nc1c(F)cccc1C(=O)O. The van der Waals surface area contributed by atoms with Gasteiger partial charge in [0.05, 0.1) is 11.3 Å². The summed E-state index contributed by atoms with van der Waals surface area (Å²) in [5.74, 6) is -2.37. The number of halogens is 1. The molecule has 0 aromatic heterocycles. The summed E-state index contributed by atoms with van der Waals surface area (Å²) >= 11 is 0. The monoisotopic (exact) mass is 294 g/mol. The molecule has 0 aliphatic carbocycles. The highest BCUT2D eigenvalue weighted by Crippen LogP contribution is 2.20. The average Bonchev–Trinajstić information content (AvgIpc) is 2.48. The highest BCUT2D eigenvalue weighted by Gasteiger charge is 2.18. The fourth-order valence-electron chi connectivity index (χ4n) is 2.51. The van der Waals surface area contributed by atoms with Crippen LogP contribution < -0.4 is 10.6 Å². The first-order chi connectivity index (χ1) is 10.1. The largest absolute Gasteiger partial charge is 0.478 e. The molecule has 1 aliphatic rings. The second-order valence-electron chi connectivity index (χ2n) is 5.20. The fraction of sp³-hybridized carbons (Fsp3) is 0.467. The molecule has 0 radical (unpaired) electrons. The summed E-state index contributed by atoms with van der Waals surface area (Å²) in [4.78, 5) is 22.9. The zero-order valence-corrected chi connectivity index (χ0v) is 11.7. The van der Waals surface area contributed by atoms with Crippen LogP contribution in [0.5, 0.6) is 0 Å². The Hall–Kier alpha value is -1.95. The van der Waals surface area contributed by atoms with Crippen molar-refractivity contribution in [3.63, 3.8) is 0 Å². The van der Waals surface area contributed by atoms with Gasteiger partial charge in [-0.2, -0.15) is 0 Å². The lowest BCUT2D eigenvalue weighted by molar-refractivity contribution is -0.116. The highest BCUT2D eigenvalue weighted by atomic mass is 19.1. The van der Waals surface area contributed by atoms with Crippen molar-refractivity contribution in [1.29, 1.82) is 0 Å². The molecule has 1 fully saturated rings. The highest BCUT2D eigenvalue weighted by molar-refractivity contribution is 6.00. The number of carboxylic acid groups (broad SMARTS) is 1. The molecule has 2 rings (SSSR count). The smallest absolute Gasteiger partial charge is 0.337 e. The molecule has 3 N–H and O–H groups in total. The zero-order chi connectivity index (χ0) is 15.2. The Morgan fingerprint density at radius 2 is 2.19 bits per heavy atom. The summed E-state index contributed by atoms with van der Waals surface area (Å²) in [6.07, 6.45) is 4.25. The molecular weight excluding hydrogens is 275 g/mol. The minimum atomic E-state index is -1.27. The first-order valence-corrected chi connectivity index (χ1v) is 7.13. The molecule has 114 valence electrons. The number of para-hydroxylation sites is 1. The van der Waals surface area contributed by atoms with Gasteiger partial charge in [0.25, 0.3) is 0 Å². The van der Waals surface area contributed by atoms with Crippen molar-refractivity contribution in [3.05, 3.63) is 29.6 Å². The van der Waals surface area contributed by atoms with Gasteiger partial charge in [-0.25, -0.2) is 9.18 Å². The van der Waals surface area contributed by atoms with Crippen LogP contribution in [0, 0.1) is 5.82 Å². The zero-order valence-electron chi connectivity index (χ0n) is 11.7. The summed E-state index contributed by atoms with van der Waals surface area (Å²) in [5, 5.41) is 14.7. The topological polar surface area (TPSA) is 78.4 Å². The van der Waals surface area contributed by atoms with Crippen LogP contribution >= 0.6 is 0 Å². The molecule has 1 aliphatic heterocycles. The molecule has 1 unspecified atom stereocenters. The maximum Gasteiger partial charge on any atom is 0.337 e. The van der Waals surface area contributed by atoms with Crippen molar-refractivity contribution in [2.45, 2.75) is 38.1 Å². The molecule has 1 saturated heterocycles. The molecular formula is C15H19FN2O3. The van der Waals surface area contributed by atoms with Crippen molar-refractivity contribution in [2.75, 3.05) is 11.9 Å². The molecule has 1 aromatic carbocycles. The Kier molecular flexibility index (Phi) is 5.27. The van der Waals surface area contributed by atoms with Crippen LogP contribution in [0.3, 0.4) is 0 Å². The molecule has 1 amide bonds. The first kappa shape index (κ1) is 15.4. The second-order valence-corrected chi connectivity index (χ2v) is 5.20. The first-order valence-electron chi connectivity index (χ1n) is 7.13. The van der Waals surface area contributed by atoms with Crippen LogP contribution in [0.25, 0.3) is 0 Å². The Bertz CT molecular complexity index is 528. The van der Waals surface area contributed by atoms with E-state index in [9.17, 15) is 14.0 Å². The third-order valence-corrected chi connectivity index (χ3v) is 3.64. The molecule has 1 aromatic rings. The Labute approximate surface area is 122 Å². The Morgan fingerprint density at radius 3 is 2.86 bits per heavy atom. The van der Waals surface area contributed by atoms with Crippen molar-refractivity contribution in [2.24, 2.45) is 0 Å². The third-order valence-electron chi connectivity index (χ3n) is 3.64. The van der Waals surface area contributed by atoms with Crippen LogP contribution in [0.15, 0.2) is 18.2 Å². The summed E-state index contributed by atoms with van der Waals surface area (Å²) in [7, 11) is 0. The van der Waals surface area contributed by atoms with E-state index in [-0.39, 0.29) is 23.6 Å². The minimum Gasteiger partial charge on any atom is -0.478 e. The normalized spacial score (nSPS) is 18.2. The lowest BCUT2D eigenvalue weighted by Crippen LogP contribution is -2.34. The van der Waals surface area contributed by atoms with Crippen LogP contribution in [0.2, 0.25) is 0 Å². The number of hydrogen-bond acceptors (Lipinski definition) is 3. The standard InChI is InChI=1S/C15H19FN2O3/c16-12-6-3-5-11(15(20)21)14(12)18-13(19)8-7-10-4-1-2-9-17-10/h3,5-6,10,17H,1-2,4,7-9H2,(H,18,19)(H,20,21). The number of rotatable bonds is 5. The van der Waals surface area contributed by atoms with Gasteiger partial charge in [-0.05, 0) is 37.9 Å². The summed E-state index contributed by atoms with van der Waals surface area (Å²) in [5.41, 5.74) is -0.495. The number of aromatic carboxylic acids is 1. The van der Waals surface area contributed by atoms with Crippen molar-refractivity contribution < 1.29 is 19.1 Å². The molecule has 0 bridgehead atoms. The number of nitrogens with one attached hydrogen (secondary N) is 2. The fourth-order valence-corrected chi connectivity index (χ4v) is 2.51. The van der Waals surface area contributed by atoms with E-state index >= 15 is 0 Å². The number of benzene rings is 1. The molecule has 0 saturated carbocycles. The van der Waals surface area contributed by atoms with E-state index < -0.39 is 11.8 Å². The van der Waals surface area contributed by atoms with E-state index in [2.05, 4.69) is 10.6 Å².